The van der Waals surface area contributed by atoms with Crippen molar-refractivity contribution in [2.75, 3.05) is 13.7 Å². The lowest BCUT2D eigenvalue weighted by Crippen LogP contribution is -2.24. The van der Waals surface area contributed by atoms with Gasteiger partial charge in [0.1, 0.15) is 5.75 Å². The van der Waals surface area contributed by atoms with Crippen LogP contribution in [0.3, 0.4) is 0 Å². The molecule has 2 rings (SSSR count). The number of nitrogens with one attached hydrogen (secondary N) is 1. The highest BCUT2D eigenvalue weighted by molar-refractivity contribution is 5.86. The van der Waals surface area contributed by atoms with E-state index in [-0.39, 0.29) is 12.4 Å². The largest absolute Gasteiger partial charge is 0.504 e. The number of aryl methyl sites for hydroxylation is 1. The smallest absolute Gasteiger partial charge is 0.277 e. The second kappa shape index (κ2) is 8.57. The number of benzene rings is 2. The Morgan fingerprint density at radius 2 is 2.00 bits per heavy atom. The number of phenolic OH excluding ortho intramolecular Hbond substituents is 1. The van der Waals surface area contributed by atoms with Crippen molar-refractivity contribution in [1.29, 1.82) is 0 Å². The maximum Gasteiger partial charge on any atom is 0.277 e. The Labute approximate surface area is 140 Å². The minimum absolute atomic E-state index is 0.0368. The molecule has 0 saturated heterocycles. The molecule has 0 heterocycles. The lowest BCUT2D eigenvalue weighted by atomic mass is 10.2. The molecule has 2 aromatic carbocycles. The molecule has 1 amide bonds. The number of hydrogen-bond donors (Lipinski definition) is 2. The number of amides is 1. The van der Waals surface area contributed by atoms with Gasteiger partial charge < -0.3 is 14.6 Å². The summed E-state index contributed by atoms with van der Waals surface area (Å²) in [6.07, 6.45) is 2.29. The maximum atomic E-state index is 11.7. The van der Waals surface area contributed by atoms with Crippen LogP contribution in [0.4, 0.5) is 0 Å². The van der Waals surface area contributed by atoms with E-state index in [1.165, 1.54) is 18.9 Å². The summed E-state index contributed by atoms with van der Waals surface area (Å²) in [6.45, 7) is 1.92. The van der Waals surface area contributed by atoms with Gasteiger partial charge >= 0.3 is 0 Å². The second-order valence-electron chi connectivity index (χ2n) is 4.98. The fraction of sp³-hybridized carbons (Fsp3) is 0.222. The van der Waals surface area contributed by atoms with Crippen LogP contribution in [0.1, 0.15) is 18.1 Å². The molecule has 0 bridgehead atoms. The molecule has 0 aromatic heterocycles. The molecule has 6 nitrogen and oxygen atoms in total. The molecule has 2 aromatic rings. The van der Waals surface area contributed by atoms with E-state index in [0.717, 1.165) is 6.42 Å². The normalized spacial score (nSPS) is 10.6. The highest BCUT2D eigenvalue weighted by Crippen LogP contribution is 2.27. The first-order valence-corrected chi connectivity index (χ1v) is 7.53. The number of ether oxygens (including phenoxy) is 2. The summed E-state index contributed by atoms with van der Waals surface area (Å²) in [7, 11) is 1.46. The SMILES string of the molecule is CCc1ccc(OCC(=O)N/N=C\c2cccc(OC)c2O)cc1. The zero-order valence-corrected chi connectivity index (χ0v) is 13.7. The van der Waals surface area contributed by atoms with Gasteiger partial charge in [0.25, 0.3) is 5.91 Å². The van der Waals surface area contributed by atoms with Crippen molar-refractivity contribution in [2.45, 2.75) is 13.3 Å². The number of para-hydroxylation sites is 1. The van der Waals surface area contributed by atoms with E-state index in [4.69, 9.17) is 9.47 Å². The molecule has 0 aliphatic carbocycles. The van der Waals surface area contributed by atoms with Gasteiger partial charge in [0.05, 0.1) is 13.3 Å². The summed E-state index contributed by atoms with van der Waals surface area (Å²) >= 11 is 0. The van der Waals surface area contributed by atoms with Crippen molar-refractivity contribution >= 4 is 12.1 Å². The predicted octanol–water partition coefficient (Wildman–Crippen LogP) is 2.49. The van der Waals surface area contributed by atoms with Crippen molar-refractivity contribution in [3.05, 3.63) is 53.6 Å². The summed E-state index contributed by atoms with van der Waals surface area (Å²) in [6, 6.07) is 12.5. The molecule has 0 aliphatic rings. The molecule has 0 unspecified atom stereocenters. The van der Waals surface area contributed by atoms with Gasteiger partial charge in [0, 0.05) is 5.56 Å². The fourth-order valence-corrected chi connectivity index (χ4v) is 1.98. The molecular formula is C18H20N2O4. The van der Waals surface area contributed by atoms with E-state index in [0.29, 0.717) is 17.1 Å². The monoisotopic (exact) mass is 328 g/mol. The third-order valence-electron chi connectivity index (χ3n) is 3.34. The maximum absolute atomic E-state index is 11.7. The van der Waals surface area contributed by atoms with Crippen LogP contribution >= 0.6 is 0 Å². The molecule has 0 aliphatic heterocycles. The number of carbonyl (C=O) groups excluding carboxylic acids is 1. The van der Waals surface area contributed by atoms with Crippen LogP contribution < -0.4 is 14.9 Å². The number of hydrogen-bond acceptors (Lipinski definition) is 5. The van der Waals surface area contributed by atoms with Gasteiger partial charge in [0.2, 0.25) is 0 Å². The van der Waals surface area contributed by atoms with Crippen LogP contribution in [-0.2, 0) is 11.2 Å². The van der Waals surface area contributed by atoms with E-state index in [1.807, 2.05) is 24.3 Å². The summed E-state index contributed by atoms with van der Waals surface area (Å²) in [5.41, 5.74) is 3.98. The van der Waals surface area contributed by atoms with Gasteiger partial charge in [0.15, 0.2) is 18.1 Å². The van der Waals surface area contributed by atoms with Crippen molar-refractivity contribution in [3.8, 4) is 17.2 Å². The molecular weight excluding hydrogens is 308 g/mol. The van der Waals surface area contributed by atoms with E-state index >= 15 is 0 Å². The zero-order chi connectivity index (χ0) is 17.4. The third-order valence-corrected chi connectivity index (χ3v) is 3.34. The van der Waals surface area contributed by atoms with Crippen molar-refractivity contribution in [3.63, 3.8) is 0 Å². The highest BCUT2D eigenvalue weighted by Gasteiger charge is 2.05. The van der Waals surface area contributed by atoms with Gasteiger partial charge in [-0.15, -0.1) is 0 Å². The van der Waals surface area contributed by atoms with Crippen LogP contribution in [0.15, 0.2) is 47.6 Å². The first kappa shape index (κ1) is 17.3. The van der Waals surface area contributed by atoms with E-state index in [1.54, 1.807) is 18.2 Å². The number of hydrazone groups is 1. The van der Waals surface area contributed by atoms with Gasteiger partial charge in [-0.3, -0.25) is 4.79 Å². The Kier molecular flexibility index (Phi) is 6.19. The van der Waals surface area contributed by atoms with Gasteiger partial charge in [-0.1, -0.05) is 25.1 Å². The van der Waals surface area contributed by atoms with Crippen molar-refractivity contribution < 1.29 is 19.4 Å². The van der Waals surface area contributed by atoms with Crippen LogP contribution in [-0.4, -0.2) is 30.9 Å². The molecule has 0 spiro atoms. The molecule has 0 saturated carbocycles. The standard InChI is InChI=1S/C18H20N2O4/c1-3-13-7-9-15(10-8-13)24-12-17(21)20-19-11-14-5-4-6-16(23-2)18(14)22/h4-11,22H,3,12H2,1-2H3,(H,20,21)/b19-11-. The fourth-order valence-electron chi connectivity index (χ4n) is 1.98. The first-order valence-electron chi connectivity index (χ1n) is 7.53. The lowest BCUT2D eigenvalue weighted by Gasteiger charge is -2.06. The Bertz CT molecular complexity index is 711. The van der Waals surface area contributed by atoms with Crippen LogP contribution in [0.5, 0.6) is 17.2 Å². The quantitative estimate of drug-likeness (QED) is 0.604. The average molecular weight is 328 g/mol. The zero-order valence-electron chi connectivity index (χ0n) is 13.7. The highest BCUT2D eigenvalue weighted by atomic mass is 16.5. The van der Waals surface area contributed by atoms with Crippen LogP contribution in [0.2, 0.25) is 0 Å². The van der Waals surface area contributed by atoms with Crippen LogP contribution in [0.25, 0.3) is 0 Å². The number of rotatable bonds is 7. The van der Waals surface area contributed by atoms with Gasteiger partial charge in [-0.05, 0) is 36.2 Å². The number of nitrogens with zero attached hydrogens (tertiary/aromatic N) is 1. The topological polar surface area (TPSA) is 80.2 Å². The lowest BCUT2D eigenvalue weighted by molar-refractivity contribution is -0.123. The van der Waals surface area contributed by atoms with Crippen molar-refractivity contribution in [1.82, 2.24) is 5.43 Å². The van der Waals surface area contributed by atoms with Crippen molar-refractivity contribution in [2.24, 2.45) is 5.10 Å². The number of aromatic hydroxyl groups is 1. The van der Waals surface area contributed by atoms with E-state index in [9.17, 15) is 9.90 Å². The second-order valence-corrected chi connectivity index (χ2v) is 4.98. The molecule has 0 atom stereocenters. The molecule has 24 heavy (non-hydrogen) atoms. The molecule has 126 valence electrons. The summed E-state index contributed by atoms with van der Waals surface area (Å²) < 4.78 is 10.4. The number of methoxy groups -OCH3 is 1. The minimum Gasteiger partial charge on any atom is -0.504 e. The average Bonchev–Trinajstić information content (AvgIpc) is 2.62. The summed E-state index contributed by atoms with van der Waals surface area (Å²) in [5, 5.41) is 13.7. The minimum atomic E-state index is -0.395. The third kappa shape index (κ3) is 4.74. The molecule has 0 radical (unpaired) electrons. The number of phenols is 1. The molecule has 0 fully saturated rings. The summed E-state index contributed by atoms with van der Waals surface area (Å²) in [5.74, 6) is 0.527. The predicted molar refractivity (Wildman–Crippen MR) is 91.7 cm³/mol. The number of carbonyl (C=O) groups is 1. The molecule has 2 N–H and O–H groups in total. The van der Waals surface area contributed by atoms with E-state index < -0.39 is 5.91 Å². The Balaban J connectivity index is 1.84. The Morgan fingerprint density at radius 3 is 2.67 bits per heavy atom. The molecule has 6 heteroatoms. The Morgan fingerprint density at radius 1 is 1.25 bits per heavy atom. The summed E-state index contributed by atoms with van der Waals surface area (Å²) in [4.78, 5) is 11.7. The van der Waals surface area contributed by atoms with Gasteiger partial charge in [-0.2, -0.15) is 5.10 Å². The Hall–Kier alpha value is -3.02. The van der Waals surface area contributed by atoms with Gasteiger partial charge in [-0.25, -0.2) is 5.43 Å². The first-order chi connectivity index (χ1) is 11.6. The van der Waals surface area contributed by atoms with E-state index in [2.05, 4.69) is 17.5 Å². The van der Waals surface area contributed by atoms with Crippen LogP contribution in [0, 0.1) is 0 Å².